The molecule has 31 heavy (non-hydrogen) atoms. The Morgan fingerprint density at radius 2 is 2.00 bits per heavy atom. The summed E-state index contributed by atoms with van der Waals surface area (Å²) in [6.07, 6.45) is 10.00. The molecule has 2 aliphatic rings. The van der Waals surface area contributed by atoms with Gasteiger partial charge in [-0.2, -0.15) is 0 Å². The number of fused-ring (bicyclic) bond motifs is 3. The summed E-state index contributed by atoms with van der Waals surface area (Å²) in [5, 5.41) is 6.40. The van der Waals surface area contributed by atoms with E-state index in [4.69, 9.17) is 18.0 Å². The Balaban J connectivity index is 1.57. The van der Waals surface area contributed by atoms with Gasteiger partial charge in [0.25, 0.3) is 0 Å². The maximum absolute atomic E-state index is 15.8. The first-order valence-electron chi connectivity index (χ1n) is 10.3. The van der Waals surface area contributed by atoms with Gasteiger partial charge in [0.2, 0.25) is 0 Å². The lowest BCUT2D eigenvalue weighted by atomic mass is 9.95. The van der Waals surface area contributed by atoms with Crippen molar-refractivity contribution < 1.29 is 4.39 Å². The third-order valence-corrected chi connectivity index (χ3v) is 6.77. The van der Waals surface area contributed by atoms with E-state index in [1.807, 2.05) is 36.4 Å². The fourth-order valence-corrected chi connectivity index (χ4v) is 5.26. The van der Waals surface area contributed by atoms with E-state index in [1.165, 1.54) is 6.20 Å². The number of aromatic nitrogens is 2. The van der Waals surface area contributed by atoms with Crippen LogP contribution in [0.5, 0.6) is 0 Å². The molecule has 2 saturated heterocycles. The highest BCUT2D eigenvalue weighted by atomic mass is 35.5. The van der Waals surface area contributed by atoms with Gasteiger partial charge in [0, 0.05) is 52.9 Å². The van der Waals surface area contributed by atoms with Gasteiger partial charge in [-0.05, 0) is 24.4 Å². The lowest BCUT2D eigenvalue weighted by Gasteiger charge is -2.46. The molecule has 0 amide bonds. The Bertz CT molecular complexity index is 1410. The first kappa shape index (κ1) is 18.6. The van der Waals surface area contributed by atoms with Crippen LogP contribution in [0.25, 0.3) is 32.9 Å². The number of nitrogens with one attached hydrogen (secondary N) is 1. The van der Waals surface area contributed by atoms with Crippen molar-refractivity contribution in [2.45, 2.75) is 18.5 Å². The van der Waals surface area contributed by atoms with Gasteiger partial charge in [-0.3, -0.25) is 9.97 Å². The lowest BCUT2D eigenvalue weighted by molar-refractivity contribution is 0.397. The molecule has 4 heterocycles. The molecule has 0 saturated carbocycles. The van der Waals surface area contributed by atoms with Gasteiger partial charge in [-0.25, -0.2) is 4.39 Å². The molecule has 6 rings (SSSR count). The third kappa shape index (κ3) is 2.65. The first-order chi connectivity index (χ1) is 15.2. The van der Waals surface area contributed by atoms with Crippen molar-refractivity contribution in [1.29, 1.82) is 0 Å². The molecular weight excluding hydrogens is 411 g/mol. The molecule has 2 aliphatic heterocycles. The smallest absolute Gasteiger partial charge is 0.175 e. The van der Waals surface area contributed by atoms with E-state index in [1.54, 1.807) is 6.20 Å². The van der Waals surface area contributed by atoms with Crippen molar-refractivity contribution in [2.24, 2.45) is 0 Å². The fraction of sp³-hybridized carbons (Fsp3) is 0.200. The molecule has 0 bridgehead atoms. The Morgan fingerprint density at radius 3 is 2.81 bits per heavy atom. The highest BCUT2D eigenvalue weighted by molar-refractivity contribution is 6.34. The van der Waals surface area contributed by atoms with Crippen LogP contribution in [0.2, 0.25) is 5.02 Å². The van der Waals surface area contributed by atoms with Gasteiger partial charge < -0.3 is 10.2 Å². The topological polar surface area (TPSA) is 41.1 Å². The molecule has 2 aromatic heterocycles. The molecule has 0 aliphatic carbocycles. The maximum atomic E-state index is 15.8. The molecule has 0 unspecified atom stereocenters. The van der Waals surface area contributed by atoms with E-state index in [0.717, 1.165) is 36.0 Å². The molecule has 4 nitrogen and oxygen atoms in total. The van der Waals surface area contributed by atoms with Crippen LogP contribution in [0, 0.1) is 18.2 Å². The molecule has 152 valence electrons. The van der Waals surface area contributed by atoms with Crippen LogP contribution in [0.4, 0.5) is 10.1 Å². The van der Waals surface area contributed by atoms with E-state index in [-0.39, 0.29) is 11.2 Å². The minimum absolute atomic E-state index is 0.241. The van der Waals surface area contributed by atoms with E-state index < -0.39 is 5.82 Å². The van der Waals surface area contributed by atoms with Crippen molar-refractivity contribution in [3.8, 4) is 23.6 Å². The largest absolute Gasteiger partial charge is 0.363 e. The highest BCUT2D eigenvalue weighted by Crippen LogP contribution is 2.42. The summed E-state index contributed by atoms with van der Waals surface area (Å²) in [6, 6.07) is 12.3. The predicted molar refractivity (Wildman–Crippen MR) is 123 cm³/mol. The summed E-state index contributed by atoms with van der Waals surface area (Å²) in [4.78, 5) is 11.1. The monoisotopic (exact) mass is 428 g/mol. The van der Waals surface area contributed by atoms with Crippen molar-refractivity contribution in [3.05, 3.63) is 65.2 Å². The van der Waals surface area contributed by atoms with Crippen molar-refractivity contribution >= 4 is 39.0 Å². The van der Waals surface area contributed by atoms with Gasteiger partial charge in [-0.15, -0.1) is 6.42 Å². The van der Waals surface area contributed by atoms with Crippen LogP contribution in [0.15, 0.2) is 48.8 Å². The van der Waals surface area contributed by atoms with Gasteiger partial charge in [0.1, 0.15) is 11.2 Å². The molecule has 0 radical (unpaired) electrons. The highest BCUT2D eigenvalue weighted by Gasteiger charge is 2.43. The van der Waals surface area contributed by atoms with Crippen LogP contribution in [-0.4, -0.2) is 35.1 Å². The summed E-state index contributed by atoms with van der Waals surface area (Å²) in [5.74, 6) is 2.25. The van der Waals surface area contributed by atoms with E-state index in [2.05, 4.69) is 26.1 Å². The van der Waals surface area contributed by atoms with Gasteiger partial charge in [-0.1, -0.05) is 47.9 Å². The summed E-state index contributed by atoms with van der Waals surface area (Å²) >= 11 is 6.53. The maximum Gasteiger partial charge on any atom is 0.175 e. The van der Waals surface area contributed by atoms with Crippen LogP contribution >= 0.6 is 11.6 Å². The fourth-order valence-electron chi connectivity index (χ4n) is 5.01. The molecule has 1 N–H and O–H groups in total. The van der Waals surface area contributed by atoms with Crippen LogP contribution < -0.4 is 10.2 Å². The molecule has 6 heteroatoms. The van der Waals surface area contributed by atoms with Crippen LogP contribution in [-0.2, 0) is 0 Å². The molecule has 2 fully saturated rings. The second-order valence-corrected chi connectivity index (χ2v) is 8.47. The number of hydrogen-bond donors (Lipinski definition) is 1. The second kappa shape index (κ2) is 6.91. The average Bonchev–Trinajstić information content (AvgIpc) is 3.15. The lowest BCUT2D eigenvalue weighted by Crippen LogP contribution is -2.61. The summed E-state index contributed by atoms with van der Waals surface area (Å²) < 4.78 is 15.8. The Kier molecular flexibility index (Phi) is 4.14. The van der Waals surface area contributed by atoms with Crippen molar-refractivity contribution in [3.63, 3.8) is 0 Å². The zero-order chi connectivity index (χ0) is 21.1. The first-order valence-corrected chi connectivity index (χ1v) is 10.7. The van der Waals surface area contributed by atoms with Gasteiger partial charge >= 0.3 is 0 Å². The van der Waals surface area contributed by atoms with E-state index in [9.17, 15) is 0 Å². The van der Waals surface area contributed by atoms with E-state index in [0.29, 0.717) is 33.6 Å². The third-order valence-electron chi connectivity index (χ3n) is 6.49. The number of halogens is 2. The number of anilines is 1. The number of benzene rings is 2. The zero-order valence-corrected chi connectivity index (χ0v) is 17.3. The standard InChI is InChI=1S/C25H18ClFN4/c1-2-14-5-3-6-15-7-4-8-16(21(14)15)23-22(27)24-17(11-29-23)25(18(26)12-30-24)31-13-19-20(31)9-10-28-19/h1,3-8,11-12,19-20,28H,9-10,13H2/t19-,20-/m1/s1. The van der Waals surface area contributed by atoms with Crippen molar-refractivity contribution in [1.82, 2.24) is 15.3 Å². The Hall–Kier alpha value is -3.20. The molecular formula is C25H18ClFN4. The molecule has 2 aromatic carbocycles. The minimum atomic E-state index is -0.462. The number of pyridine rings is 2. The number of rotatable bonds is 2. The Labute approximate surface area is 184 Å². The SMILES string of the molecule is C#Cc1cccc2cccc(-c3ncc4c(N5C[C@H]6NCC[C@H]65)c(Cl)cnc4c3F)c12. The predicted octanol–water partition coefficient (Wildman–Crippen LogP) is 4.77. The van der Waals surface area contributed by atoms with E-state index >= 15 is 4.39 Å². The Morgan fingerprint density at radius 1 is 1.16 bits per heavy atom. The van der Waals surface area contributed by atoms with Gasteiger partial charge in [0.05, 0.1) is 10.7 Å². The van der Waals surface area contributed by atoms with Crippen molar-refractivity contribution in [2.75, 3.05) is 18.0 Å². The summed E-state index contributed by atoms with van der Waals surface area (Å²) in [7, 11) is 0. The normalized spacial score (nSPS) is 20.0. The van der Waals surface area contributed by atoms with Crippen LogP contribution in [0.3, 0.4) is 0 Å². The quantitative estimate of drug-likeness (QED) is 0.467. The minimum Gasteiger partial charge on any atom is -0.363 e. The number of hydrogen-bond acceptors (Lipinski definition) is 4. The molecule has 4 aromatic rings. The summed E-state index contributed by atoms with van der Waals surface area (Å²) in [5.41, 5.74) is 2.70. The number of terminal acetylenes is 1. The van der Waals surface area contributed by atoms with Gasteiger partial charge in [0.15, 0.2) is 5.82 Å². The summed E-state index contributed by atoms with van der Waals surface area (Å²) in [6.45, 7) is 1.84. The molecule has 2 atom stereocenters. The zero-order valence-electron chi connectivity index (χ0n) is 16.6. The molecule has 0 spiro atoms. The second-order valence-electron chi connectivity index (χ2n) is 8.06. The van der Waals surface area contributed by atoms with Crippen LogP contribution in [0.1, 0.15) is 12.0 Å². The average molecular weight is 429 g/mol. The number of nitrogens with zero attached hydrogens (tertiary/aromatic N) is 3.